The number of unbranched alkanes of at least 4 members (excludes halogenated alkanes) is 10. The summed E-state index contributed by atoms with van der Waals surface area (Å²) in [5.41, 5.74) is -0.184. The van der Waals surface area contributed by atoms with Crippen LogP contribution in [0.4, 0.5) is 0 Å². The van der Waals surface area contributed by atoms with Gasteiger partial charge in [-0.25, -0.2) is 4.79 Å². The minimum atomic E-state index is -1.32. The van der Waals surface area contributed by atoms with Gasteiger partial charge < -0.3 is 28.8 Å². The number of hydrogen-bond acceptors (Lipinski definition) is 9. The van der Waals surface area contributed by atoms with Crippen LogP contribution in [0, 0.1) is 28.6 Å². The summed E-state index contributed by atoms with van der Waals surface area (Å²) < 4.78 is 30.6. The van der Waals surface area contributed by atoms with E-state index in [2.05, 4.69) is 32.9 Å². The van der Waals surface area contributed by atoms with Crippen LogP contribution in [0.15, 0.2) is 54.1 Å². The van der Waals surface area contributed by atoms with Gasteiger partial charge in [-0.15, -0.1) is 0 Å². The molecule has 4 aliphatic rings. The molecule has 9 atom stereocenters. The van der Waals surface area contributed by atoms with Crippen LogP contribution in [0.2, 0.25) is 0 Å². The number of esters is 2. The van der Waals surface area contributed by atoms with Crippen molar-refractivity contribution >= 4 is 24.3 Å². The van der Waals surface area contributed by atoms with Gasteiger partial charge in [0.25, 0.3) is 0 Å². The monoisotopic (exact) mass is 762 g/mol. The molecule has 2 saturated heterocycles. The van der Waals surface area contributed by atoms with E-state index >= 15 is 0 Å². The number of allylic oxidation sites excluding steroid dienone is 2. The van der Waals surface area contributed by atoms with E-state index in [9.17, 15) is 19.5 Å². The first-order valence-corrected chi connectivity index (χ1v) is 21.0. The van der Waals surface area contributed by atoms with E-state index in [1.54, 1.807) is 26.2 Å². The van der Waals surface area contributed by atoms with E-state index in [4.69, 9.17) is 23.7 Å². The lowest BCUT2D eigenvalue weighted by Gasteiger charge is -2.60. The Kier molecular flexibility index (Phi) is 15.0. The minimum absolute atomic E-state index is 0.327. The van der Waals surface area contributed by atoms with Crippen LogP contribution < -0.4 is 4.74 Å². The average molecular weight is 763 g/mol. The Morgan fingerprint density at radius 2 is 1.60 bits per heavy atom. The number of ether oxygens (including phenoxy) is 5. The van der Waals surface area contributed by atoms with E-state index in [1.165, 1.54) is 44.6 Å². The van der Waals surface area contributed by atoms with Crippen LogP contribution in [0.1, 0.15) is 136 Å². The van der Waals surface area contributed by atoms with Gasteiger partial charge in [-0.3, -0.25) is 9.59 Å². The molecule has 0 unspecified atom stereocenters. The predicted octanol–water partition coefficient (Wildman–Crippen LogP) is 9.46. The molecule has 55 heavy (non-hydrogen) atoms. The fourth-order valence-corrected chi connectivity index (χ4v) is 10.0. The highest BCUT2D eigenvalue weighted by atomic mass is 16.8. The molecule has 1 aromatic rings. The summed E-state index contributed by atoms with van der Waals surface area (Å²) in [4.78, 5) is 39.4. The highest BCUT2D eigenvalue weighted by Crippen LogP contribution is 2.63. The number of aliphatic hydroxyl groups is 1. The second-order valence-corrected chi connectivity index (χ2v) is 17.3. The van der Waals surface area contributed by atoms with Gasteiger partial charge in [-0.1, -0.05) is 103 Å². The Bertz CT molecular complexity index is 1530. The van der Waals surface area contributed by atoms with Crippen LogP contribution in [0.25, 0.3) is 6.08 Å². The van der Waals surface area contributed by atoms with Crippen LogP contribution in [-0.2, 0) is 33.3 Å². The molecule has 0 radical (unpaired) electrons. The van der Waals surface area contributed by atoms with Crippen molar-refractivity contribution in [3.63, 3.8) is 0 Å². The molecule has 0 spiro atoms. The maximum Gasteiger partial charge on any atom is 0.331 e. The number of carbonyl (C=O) groups is 3. The highest BCUT2D eigenvalue weighted by Gasteiger charge is 2.68. The van der Waals surface area contributed by atoms with E-state index in [-0.39, 0.29) is 11.4 Å². The molecule has 2 aliphatic carbocycles. The van der Waals surface area contributed by atoms with Gasteiger partial charge in [0.15, 0.2) is 6.29 Å². The maximum absolute atomic E-state index is 13.4. The third-order valence-electron chi connectivity index (χ3n) is 12.8. The summed E-state index contributed by atoms with van der Waals surface area (Å²) >= 11 is 0. The van der Waals surface area contributed by atoms with Gasteiger partial charge in [0.1, 0.15) is 24.2 Å². The molecule has 1 aromatic carbocycles. The third-order valence-corrected chi connectivity index (χ3v) is 12.8. The number of aldehydes is 1. The number of fused-ring (bicyclic) bond motifs is 2. The van der Waals surface area contributed by atoms with Crippen molar-refractivity contribution in [3.8, 4) is 5.75 Å². The molecular weight excluding hydrogens is 696 g/mol. The zero-order valence-corrected chi connectivity index (χ0v) is 34.1. The Hall–Kier alpha value is -3.27. The maximum atomic E-state index is 13.4. The number of methoxy groups -OCH3 is 1. The van der Waals surface area contributed by atoms with Crippen molar-refractivity contribution in [1.82, 2.24) is 0 Å². The number of benzene rings is 1. The first-order valence-electron chi connectivity index (χ1n) is 21.0. The van der Waals surface area contributed by atoms with Crippen molar-refractivity contribution in [2.45, 2.75) is 161 Å². The zero-order chi connectivity index (χ0) is 39.6. The van der Waals surface area contributed by atoms with Gasteiger partial charge in [0.05, 0.1) is 19.1 Å². The second-order valence-electron chi connectivity index (χ2n) is 17.3. The van der Waals surface area contributed by atoms with E-state index in [0.717, 1.165) is 50.4 Å². The van der Waals surface area contributed by atoms with Gasteiger partial charge in [-0.05, 0) is 85.8 Å². The topological polar surface area (TPSA) is 118 Å². The molecule has 1 saturated carbocycles. The molecule has 9 heteroatoms. The van der Waals surface area contributed by atoms with Crippen molar-refractivity contribution in [2.24, 2.45) is 28.6 Å². The van der Waals surface area contributed by atoms with Crippen LogP contribution in [-0.4, -0.2) is 60.8 Å². The minimum Gasteiger partial charge on any atom is -0.497 e. The summed E-state index contributed by atoms with van der Waals surface area (Å²) in [5, 5.41) is 11.6. The number of carbonyl (C=O) groups excluding carboxylic acids is 3. The smallest absolute Gasteiger partial charge is 0.331 e. The van der Waals surface area contributed by atoms with Crippen molar-refractivity contribution in [2.75, 3.05) is 7.11 Å². The van der Waals surface area contributed by atoms with Crippen LogP contribution >= 0.6 is 0 Å². The molecule has 5 rings (SSSR count). The predicted molar refractivity (Wildman–Crippen MR) is 213 cm³/mol. The molecule has 2 aliphatic heterocycles. The summed E-state index contributed by atoms with van der Waals surface area (Å²) in [6.45, 7) is 10.2. The highest BCUT2D eigenvalue weighted by molar-refractivity contribution is 5.87. The molecular formula is C46H66O9. The summed E-state index contributed by atoms with van der Waals surface area (Å²) in [6.07, 6.45) is 22.9. The number of rotatable bonds is 20. The lowest BCUT2D eigenvalue weighted by atomic mass is 9.46. The molecule has 3 fully saturated rings. The quantitative estimate of drug-likeness (QED) is 0.0456. The molecule has 9 nitrogen and oxygen atoms in total. The summed E-state index contributed by atoms with van der Waals surface area (Å²) in [7, 11) is 1.60. The molecule has 0 bridgehead atoms. The SMILES string of the molecule is CCCCCCCC/C=C\CCCCCC[C@@H]1C(=O)O[C@]2(C)O[C@H]([C@@H]3C(C=O)=C[C@H](O)[C@H]4C(C)(C)CC[C@@H](OC(=O)/C=C/c5ccc(OC)cc5)[C@]34C)O[C@H]12. The third kappa shape index (κ3) is 10.0. The fraction of sp³-hybridized carbons (Fsp3) is 0.674. The molecule has 0 aromatic heterocycles. The van der Waals surface area contributed by atoms with E-state index in [1.807, 2.05) is 31.2 Å². The molecule has 0 amide bonds. The van der Waals surface area contributed by atoms with Gasteiger partial charge in [-0.2, -0.15) is 0 Å². The fourth-order valence-electron chi connectivity index (χ4n) is 10.0. The Morgan fingerprint density at radius 3 is 2.25 bits per heavy atom. The average Bonchev–Trinajstić information content (AvgIpc) is 3.59. The Morgan fingerprint density at radius 1 is 0.945 bits per heavy atom. The normalized spacial score (nSPS) is 32.6. The Labute approximate surface area is 329 Å². The van der Waals surface area contributed by atoms with Gasteiger partial charge >= 0.3 is 11.9 Å². The first kappa shape index (κ1) is 42.9. The number of hydrogen-bond donors (Lipinski definition) is 1. The lowest BCUT2D eigenvalue weighted by molar-refractivity contribution is -0.249. The van der Waals surface area contributed by atoms with E-state index in [0.29, 0.717) is 30.6 Å². The van der Waals surface area contributed by atoms with E-state index < -0.39 is 59.5 Å². The standard InChI is InChI=1S/C46H66O9/c1-7-8-9-10-11-12-13-14-15-16-17-18-19-20-21-35-41-46(5,54-42(35)50)55-43(53-41)39-33(31-47)30-36(48)40-44(2,3)29-28-37(45(39,40)4)52-38(49)27-24-32-22-25-34(51-6)26-23-32/h14-15,22-27,30-31,35-37,39-41,43,48H,7-13,16-21,28-29H2,1-6H3/b15-14-,27-24+/t35-,36-,37+,39-,40-,41+,43+,45+,46+/m0/s1. The van der Waals surface area contributed by atoms with Gasteiger partial charge in [0.2, 0.25) is 5.79 Å². The molecule has 1 N–H and O–H groups in total. The second kappa shape index (κ2) is 19.3. The summed E-state index contributed by atoms with van der Waals surface area (Å²) in [5.74, 6) is -3.04. The number of aliphatic hydroxyl groups excluding tert-OH is 1. The lowest BCUT2D eigenvalue weighted by Crippen LogP contribution is -2.63. The van der Waals surface area contributed by atoms with Crippen molar-refractivity contribution < 1.29 is 43.2 Å². The Balaban J connectivity index is 1.23. The van der Waals surface area contributed by atoms with Crippen LogP contribution in [0.3, 0.4) is 0 Å². The first-order chi connectivity index (χ1) is 26.4. The molecule has 304 valence electrons. The largest absolute Gasteiger partial charge is 0.497 e. The van der Waals surface area contributed by atoms with Gasteiger partial charge in [0, 0.05) is 30.3 Å². The zero-order valence-electron chi connectivity index (χ0n) is 34.1. The van der Waals surface area contributed by atoms with Crippen molar-refractivity contribution in [1.29, 1.82) is 0 Å². The molecule has 2 heterocycles. The summed E-state index contributed by atoms with van der Waals surface area (Å²) in [6, 6.07) is 7.33. The van der Waals surface area contributed by atoms with Crippen LogP contribution in [0.5, 0.6) is 5.75 Å². The van der Waals surface area contributed by atoms with Crippen molar-refractivity contribution in [3.05, 3.63) is 59.7 Å².